The lowest BCUT2D eigenvalue weighted by atomic mass is 10.1. The van der Waals surface area contributed by atoms with Crippen LogP contribution in [0.15, 0.2) is 83.9 Å². The van der Waals surface area contributed by atoms with E-state index in [-0.39, 0.29) is 5.91 Å². The number of benzene rings is 1. The lowest BCUT2D eigenvalue weighted by Gasteiger charge is -2.26. The molecule has 0 spiro atoms. The first-order valence-electron chi connectivity index (χ1n) is 12.6. The van der Waals surface area contributed by atoms with E-state index in [9.17, 15) is 4.79 Å². The zero-order valence-electron chi connectivity index (χ0n) is 20.5. The number of fused-ring (bicyclic) bond motifs is 1. The summed E-state index contributed by atoms with van der Waals surface area (Å²) >= 11 is 0. The van der Waals surface area contributed by atoms with E-state index in [2.05, 4.69) is 32.4 Å². The number of piperidine rings is 1. The van der Waals surface area contributed by atoms with Crippen LogP contribution < -0.4 is 5.32 Å². The minimum atomic E-state index is -0.204. The third kappa shape index (κ3) is 5.15. The topological polar surface area (TPSA) is 89.1 Å². The second-order valence-corrected chi connectivity index (χ2v) is 9.41. The molecule has 0 radical (unpaired) electrons. The van der Waals surface area contributed by atoms with E-state index in [0.29, 0.717) is 28.8 Å². The maximum absolute atomic E-state index is 13.6. The molecule has 1 fully saturated rings. The Labute approximate surface area is 215 Å². The number of nitrogens with one attached hydrogen (secondary N) is 1. The molecule has 6 rings (SSSR count). The van der Waals surface area contributed by atoms with Crippen molar-refractivity contribution in [2.45, 2.75) is 32.4 Å². The normalized spacial score (nSPS) is 14.2. The van der Waals surface area contributed by atoms with Crippen LogP contribution in [-0.4, -0.2) is 43.6 Å². The number of hydrogen-bond acceptors (Lipinski definition) is 6. The van der Waals surface area contributed by atoms with Crippen LogP contribution >= 0.6 is 0 Å². The number of carbonyl (C=O) groups excluding carboxylic acids is 1. The van der Waals surface area contributed by atoms with Crippen molar-refractivity contribution in [3.8, 4) is 11.3 Å². The summed E-state index contributed by atoms with van der Waals surface area (Å²) in [5, 5.41) is 8.31. The Morgan fingerprint density at radius 3 is 2.70 bits per heavy atom. The van der Waals surface area contributed by atoms with Gasteiger partial charge in [0.05, 0.1) is 29.1 Å². The molecule has 0 bridgehead atoms. The van der Waals surface area contributed by atoms with Crippen molar-refractivity contribution >= 4 is 22.6 Å². The van der Waals surface area contributed by atoms with Crippen LogP contribution in [0.25, 0.3) is 22.3 Å². The maximum Gasteiger partial charge on any atom is 0.256 e. The molecular weight excluding hydrogens is 464 g/mol. The van der Waals surface area contributed by atoms with Crippen molar-refractivity contribution in [2.75, 3.05) is 18.4 Å². The average Bonchev–Trinajstić information content (AvgIpc) is 3.60. The van der Waals surface area contributed by atoms with Gasteiger partial charge in [-0.25, -0.2) is 9.67 Å². The molecule has 1 N–H and O–H groups in total. The Hall–Kier alpha value is -4.30. The van der Waals surface area contributed by atoms with Crippen LogP contribution in [0.1, 0.15) is 40.9 Å². The van der Waals surface area contributed by atoms with Gasteiger partial charge in [0.25, 0.3) is 5.91 Å². The fourth-order valence-electron chi connectivity index (χ4n) is 4.89. The lowest BCUT2D eigenvalue weighted by Crippen LogP contribution is -2.29. The zero-order valence-corrected chi connectivity index (χ0v) is 20.5. The maximum atomic E-state index is 13.6. The standard InChI is InChI=1S/C29H28N6O2/c36-29(32-23-9-4-7-21(15-23)19-34-12-2-1-3-13-34)25-16-27(22-8-5-11-30-17-22)33-28-26(25)18-31-35(28)20-24-10-6-14-37-24/h4-11,14-18H,1-3,12-13,19-20H2,(H,32,36). The minimum Gasteiger partial charge on any atom is -0.467 e. The van der Waals surface area contributed by atoms with Crippen molar-refractivity contribution < 1.29 is 9.21 Å². The molecule has 5 aromatic rings. The van der Waals surface area contributed by atoms with Gasteiger partial charge in [0, 0.05) is 30.2 Å². The quantitative estimate of drug-likeness (QED) is 0.328. The predicted octanol–water partition coefficient (Wildman–Crippen LogP) is 5.37. The summed E-state index contributed by atoms with van der Waals surface area (Å²) in [6, 6.07) is 17.4. The number of furan rings is 1. The van der Waals surface area contributed by atoms with Crippen LogP contribution in [0.2, 0.25) is 0 Å². The third-order valence-corrected chi connectivity index (χ3v) is 6.74. The number of amides is 1. The highest BCUT2D eigenvalue weighted by atomic mass is 16.3. The molecule has 1 amide bonds. The number of anilines is 1. The molecule has 1 aromatic carbocycles. The first-order valence-corrected chi connectivity index (χ1v) is 12.6. The van der Waals surface area contributed by atoms with Gasteiger partial charge in [0.2, 0.25) is 0 Å². The highest BCUT2D eigenvalue weighted by molar-refractivity contribution is 6.12. The van der Waals surface area contributed by atoms with E-state index in [1.54, 1.807) is 29.5 Å². The smallest absolute Gasteiger partial charge is 0.256 e. The minimum absolute atomic E-state index is 0.204. The second kappa shape index (κ2) is 10.4. The Morgan fingerprint density at radius 2 is 1.89 bits per heavy atom. The van der Waals surface area contributed by atoms with E-state index in [4.69, 9.17) is 9.40 Å². The number of nitrogens with zero attached hydrogens (tertiary/aromatic N) is 5. The first-order chi connectivity index (χ1) is 18.2. The highest BCUT2D eigenvalue weighted by Gasteiger charge is 2.19. The number of aromatic nitrogens is 4. The van der Waals surface area contributed by atoms with Gasteiger partial charge in [0.15, 0.2) is 5.65 Å². The molecule has 186 valence electrons. The molecule has 0 aliphatic carbocycles. The summed E-state index contributed by atoms with van der Waals surface area (Å²) in [6.07, 6.45) is 10.6. The summed E-state index contributed by atoms with van der Waals surface area (Å²) in [5.74, 6) is 0.556. The molecule has 1 aliphatic rings. The Morgan fingerprint density at radius 1 is 0.973 bits per heavy atom. The van der Waals surface area contributed by atoms with Crippen molar-refractivity contribution in [3.05, 3.63) is 96.3 Å². The highest BCUT2D eigenvalue weighted by Crippen LogP contribution is 2.26. The number of hydrogen-bond donors (Lipinski definition) is 1. The van der Waals surface area contributed by atoms with E-state index in [1.807, 2.05) is 42.5 Å². The molecule has 1 aliphatic heterocycles. The molecule has 0 saturated carbocycles. The van der Waals surface area contributed by atoms with Gasteiger partial charge >= 0.3 is 0 Å². The predicted molar refractivity (Wildman–Crippen MR) is 142 cm³/mol. The van der Waals surface area contributed by atoms with Crippen LogP contribution in [0, 0.1) is 0 Å². The summed E-state index contributed by atoms with van der Waals surface area (Å²) < 4.78 is 7.27. The number of pyridine rings is 2. The third-order valence-electron chi connectivity index (χ3n) is 6.74. The van der Waals surface area contributed by atoms with Crippen molar-refractivity contribution in [1.29, 1.82) is 0 Å². The molecule has 4 aromatic heterocycles. The van der Waals surface area contributed by atoms with Gasteiger partial charge in [-0.2, -0.15) is 5.10 Å². The monoisotopic (exact) mass is 492 g/mol. The number of carbonyl (C=O) groups is 1. The van der Waals surface area contributed by atoms with Gasteiger partial charge in [-0.3, -0.25) is 14.7 Å². The van der Waals surface area contributed by atoms with Gasteiger partial charge in [-0.15, -0.1) is 0 Å². The average molecular weight is 493 g/mol. The van der Waals surface area contributed by atoms with E-state index in [0.717, 1.165) is 36.6 Å². The second-order valence-electron chi connectivity index (χ2n) is 9.41. The summed E-state index contributed by atoms with van der Waals surface area (Å²) in [5.41, 5.74) is 4.58. The fraction of sp³-hybridized carbons (Fsp3) is 0.241. The molecule has 8 heteroatoms. The molecule has 8 nitrogen and oxygen atoms in total. The van der Waals surface area contributed by atoms with Crippen molar-refractivity contribution in [3.63, 3.8) is 0 Å². The van der Waals surface area contributed by atoms with Crippen LogP contribution in [0.4, 0.5) is 5.69 Å². The van der Waals surface area contributed by atoms with Crippen molar-refractivity contribution in [1.82, 2.24) is 24.6 Å². The molecule has 1 saturated heterocycles. The summed E-state index contributed by atoms with van der Waals surface area (Å²) in [4.78, 5) is 25.2. The zero-order chi connectivity index (χ0) is 25.0. The first kappa shape index (κ1) is 23.1. The van der Waals surface area contributed by atoms with Crippen LogP contribution in [0.3, 0.4) is 0 Å². The van der Waals surface area contributed by atoms with Gasteiger partial charge in [-0.1, -0.05) is 18.6 Å². The SMILES string of the molecule is O=C(Nc1cccc(CN2CCCCC2)c1)c1cc(-c2cccnc2)nc2c1cnn2Cc1ccco1. The van der Waals surface area contributed by atoms with E-state index < -0.39 is 0 Å². The largest absolute Gasteiger partial charge is 0.467 e. The molecular formula is C29H28N6O2. The van der Waals surface area contributed by atoms with Crippen LogP contribution in [-0.2, 0) is 13.1 Å². The van der Waals surface area contributed by atoms with Crippen LogP contribution in [0.5, 0.6) is 0 Å². The van der Waals surface area contributed by atoms with E-state index >= 15 is 0 Å². The van der Waals surface area contributed by atoms with Gasteiger partial charge < -0.3 is 9.73 Å². The van der Waals surface area contributed by atoms with E-state index in [1.165, 1.54) is 24.8 Å². The van der Waals surface area contributed by atoms with Crippen molar-refractivity contribution in [2.24, 2.45) is 0 Å². The molecule has 37 heavy (non-hydrogen) atoms. The Balaban J connectivity index is 1.32. The van der Waals surface area contributed by atoms with Gasteiger partial charge in [-0.05, 0) is 74.0 Å². The van der Waals surface area contributed by atoms with Gasteiger partial charge in [0.1, 0.15) is 12.3 Å². The Bertz CT molecular complexity index is 1500. The number of likely N-dealkylation sites (tertiary alicyclic amines) is 1. The fourth-order valence-corrected chi connectivity index (χ4v) is 4.89. The molecule has 0 unspecified atom stereocenters. The summed E-state index contributed by atoms with van der Waals surface area (Å²) in [6.45, 7) is 3.57. The molecule has 0 atom stereocenters. The Kier molecular flexibility index (Phi) is 6.47. The molecule has 5 heterocycles. The lowest BCUT2D eigenvalue weighted by molar-refractivity contribution is 0.102. The summed E-state index contributed by atoms with van der Waals surface area (Å²) in [7, 11) is 0. The number of rotatable bonds is 7.